The molecule has 1 heterocycles. The van der Waals surface area contributed by atoms with Crippen LogP contribution < -0.4 is 10.1 Å². The summed E-state index contributed by atoms with van der Waals surface area (Å²) in [7, 11) is 1.79. The maximum atomic E-state index is 12.5. The van der Waals surface area contributed by atoms with Gasteiger partial charge in [-0.25, -0.2) is 4.68 Å². The normalized spacial score (nSPS) is 11.0. The van der Waals surface area contributed by atoms with E-state index in [9.17, 15) is 13.6 Å². The van der Waals surface area contributed by atoms with Gasteiger partial charge < -0.3 is 10.1 Å². The molecule has 0 aliphatic rings. The molecule has 0 spiro atoms. The van der Waals surface area contributed by atoms with Gasteiger partial charge in [0.2, 0.25) is 5.91 Å². The highest BCUT2D eigenvalue weighted by Crippen LogP contribution is 2.25. The highest BCUT2D eigenvalue weighted by Gasteiger charge is 2.13. The molecule has 8 heteroatoms. The Morgan fingerprint density at radius 3 is 2.64 bits per heavy atom. The molecule has 0 atom stereocenters. The van der Waals surface area contributed by atoms with E-state index in [-0.39, 0.29) is 23.9 Å². The lowest BCUT2D eigenvalue weighted by Crippen LogP contribution is -2.30. The number of hydrogen-bond acceptors (Lipinski definition) is 4. The van der Waals surface area contributed by atoms with Gasteiger partial charge in [-0.05, 0) is 31.3 Å². The number of alkyl halides is 2. The summed E-state index contributed by atoms with van der Waals surface area (Å²) < 4.78 is 31.1. The van der Waals surface area contributed by atoms with E-state index in [1.165, 1.54) is 12.1 Å². The van der Waals surface area contributed by atoms with Gasteiger partial charge in [0.25, 0.3) is 0 Å². The molecule has 0 fully saturated rings. The number of likely N-dealkylation sites (N-methyl/N-ethyl adjacent to an activating group) is 1. The first-order valence-electron chi connectivity index (χ1n) is 8.62. The summed E-state index contributed by atoms with van der Waals surface area (Å²) >= 11 is 0. The third kappa shape index (κ3) is 5.37. The van der Waals surface area contributed by atoms with Gasteiger partial charge in [0, 0.05) is 18.3 Å². The first kappa shape index (κ1) is 19.5. The van der Waals surface area contributed by atoms with Gasteiger partial charge in [0.1, 0.15) is 5.75 Å². The van der Waals surface area contributed by atoms with Crippen LogP contribution in [0.15, 0.2) is 67.0 Å². The Hall–Kier alpha value is -3.26. The molecule has 0 saturated heterocycles. The molecule has 0 radical (unpaired) electrons. The Labute approximate surface area is 161 Å². The Bertz CT molecular complexity index is 915. The van der Waals surface area contributed by atoms with Crippen LogP contribution in [0.2, 0.25) is 0 Å². The van der Waals surface area contributed by atoms with E-state index in [1.807, 2.05) is 36.5 Å². The molecule has 0 aliphatic heterocycles. The fraction of sp³-hybridized carbons (Fsp3) is 0.200. The van der Waals surface area contributed by atoms with Crippen LogP contribution in [0.25, 0.3) is 5.69 Å². The van der Waals surface area contributed by atoms with Gasteiger partial charge in [-0.3, -0.25) is 9.69 Å². The number of amides is 1. The molecular weight excluding hydrogens is 366 g/mol. The Morgan fingerprint density at radius 1 is 1.18 bits per heavy atom. The average Bonchev–Trinajstić information content (AvgIpc) is 3.12. The molecule has 146 valence electrons. The van der Waals surface area contributed by atoms with E-state index in [4.69, 9.17) is 0 Å². The number of rotatable bonds is 8. The Balaban J connectivity index is 1.56. The van der Waals surface area contributed by atoms with Gasteiger partial charge in [0.05, 0.1) is 24.1 Å². The summed E-state index contributed by atoms with van der Waals surface area (Å²) in [6, 6.07) is 15.8. The van der Waals surface area contributed by atoms with Crippen LogP contribution in [0.5, 0.6) is 5.75 Å². The van der Waals surface area contributed by atoms with E-state index in [0.717, 1.165) is 11.3 Å². The largest absolute Gasteiger partial charge is 0.433 e. The van der Waals surface area contributed by atoms with Crippen molar-refractivity contribution in [1.29, 1.82) is 0 Å². The van der Waals surface area contributed by atoms with Crippen LogP contribution in [0.1, 0.15) is 5.56 Å². The van der Waals surface area contributed by atoms with Crippen molar-refractivity contribution in [3.63, 3.8) is 0 Å². The minimum absolute atomic E-state index is 0.0716. The second-order valence-electron chi connectivity index (χ2n) is 6.22. The zero-order valence-corrected chi connectivity index (χ0v) is 15.3. The topological polar surface area (TPSA) is 59.4 Å². The third-order valence-corrected chi connectivity index (χ3v) is 3.90. The zero-order valence-electron chi connectivity index (χ0n) is 15.3. The molecule has 0 aliphatic carbocycles. The van der Waals surface area contributed by atoms with E-state index in [0.29, 0.717) is 6.54 Å². The van der Waals surface area contributed by atoms with Gasteiger partial charge in [-0.2, -0.15) is 13.9 Å². The van der Waals surface area contributed by atoms with Crippen molar-refractivity contribution in [3.8, 4) is 11.4 Å². The fourth-order valence-corrected chi connectivity index (χ4v) is 2.73. The standard InChI is InChI=1S/C20H20F2N4O2/c1-25(12-15-11-23-26(13-15)16-7-3-2-4-8-16)14-19(27)24-17-9-5-6-10-18(17)28-20(21)22/h2-11,13,20H,12,14H2,1H3,(H,24,27). The molecule has 28 heavy (non-hydrogen) atoms. The molecule has 1 N–H and O–H groups in total. The predicted octanol–water partition coefficient (Wildman–Crippen LogP) is 3.54. The number of halogens is 2. The summed E-state index contributed by atoms with van der Waals surface area (Å²) in [5, 5.41) is 6.93. The predicted molar refractivity (Wildman–Crippen MR) is 102 cm³/mol. The van der Waals surface area contributed by atoms with Crippen LogP contribution in [0.3, 0.4) is 0 Å². The maximum absolute atomic E-state index is 12.5. The fourth-order valence-electron chi connectivity index (χ4n) is 2.73. The molecule has 0 unspecified atom stereocenters. The van der Waals surface area contributed by atoms with Crippen molar-refractivity contribution in [2.45, 2.75) is 13.2 Å². The van der Waals surface area contributed by atoms with Crippen LogP contribution in [-0.4, -0.2) is 40.8 Å². The average molecular weight is 386 g/mol. The van der Waals surface area contributed by atoms with Crippen molar-refractivity contribution in [3.05, 3.63) is 72.6 Å². The number of carbonyl (C=O) groups is 1. The number of nitrogens with one attached hydrogen (secondary N) is 1. The number of hydrogen-bond donors (Lipinski definition) is 1. The molecule has 1 aromatic heterocycles. The molecule has 1 amide bonds. The molecule has 3 rings (SSSR count). The highest BCUT2D eigenvalue weighted by molar-refractivity contribution is 5.93. The number of nitrogens with zero attached hydrogens (tertiary/aromatic N) is 3. The van der Waals surface area contributed by atoms with E-state index in [1.54, 1.807) is 35.0 Å². The van der Waals surface area contributed by atoms with Gasteiger partial charge >= 0.3 is 6.61 Å². The lowest BCUT2D eigenvalue weighted by Gasteiger charge is -2.16. The molecule has 3 aromatic rings. The molecule has 0 bridgehead atoms. The van der Waals surface area contributed by atoms with Gasteiger partial charge in [-0.15, -0.1) is 0 Å². The summed E-state index contributed by atoms with van der Waals surface area (Å²) in [4.78, 5) is 14.1. The van der Waals surface area contributed by atoms with Crippen LogP contribution in [-0.2, 0) is 11.3 Å². The first-order chi connectivity index (χ1) is 13.5. The molecular formula is C20H20F2N4O2. The van der Waals surface area contributed by atoms with Crippen molar-refractivity contribution < 1.29 is 18.3 Å². The number of carbonyl (C=O) groups excluding carboxylic acids is 1. The lowest BCUT2D eigenvalue weighted by atomic mass is 10.3. The summed E-state index contributed by atoms with van der Waals surface area (Å²) in [5.41, 5.74) is 2.10. The van der Waals surface area contributed by atoms with Crippen LogP contribution in [0.4, 0.5) is 14.5 Å². The first-order valence-corrected chi connectivity index (χ1v) is 8.62. The number of ether oxygens (including phenoxy) is 1. The van der Waals surface area contributed by atoms with Crippen molar-refractivity contribution in [1.82, 2.24) is 14.7 Å². The van der Waals surface area contributed by atoms with Gasteiger partial charge in [0.15, 0.2) is 0 Å². The van der Waals surface area contributed by atoms with E-state index >= 15 is 0 Å². The van der Waals surface area contributed by atoms with Crippen molar-refractivity contribution >= 4 is 11.6 Å². The third-order valence-electron chi connectivity index (χ3n) is 3.90. The number of anilines is 1. The maximum Gasteiger partial charge on any atom is 0.387 e. The van der Waals surface area contributed by atoms with Crippen LogP contribution in [0, 0.1) is 0 Å². The van der Waals surface area contributed by atoms with Crippen molar-refractivity contribution in [2.75, 3.05) is 18.9 Å². The minimum Gasteiger partial charge on any atom is -0.433 e. The van der Waals surface area contributed by atoms with E-state index in [2.05, 4.69) is 15.2 Å². The summed E-state index contributed by atoms with van der Waals surface area (Å²) in [5.74, 6) is -0.402. The second-order valence-corrected chi connectivity index (χ2v) is 6.22. The Morgan fingerprint density at radius 2 is 1.89 bits per heavy atom. The summed E-state index contributed by atoms with van der Waals surface area (Å²) in [6.45, 7) is -2.36. The quantitative estimate of drug-likeness (QED) is 0.643. The van der Waals surface area contributed by atoms with Crippen molar-refractivity contribution in [2.24, 2.45) is 0 Å². The highest BCUT2D eigenvalue weighted by atomic mass is 19.3. The number of aromatic nitrogens is 2. The lowest BCUT2D eigenvalue weighted by molar-refractivity contribution is -0.117. The SMILES string of the molecule is CN(CC(=O)Nc1ccccc1OC(F)F)Cc1cnn(-c2ccccc2)c1. The minimum atomic E-state index is -2.96. The summed E-state index contributed by atoms with van der Waals surface area (Å²) in [6.07, 6.45) is 3.64. The monoisotopic (exact) mass is 386 g/mol. The second kappa shape index (κ2) is 9.09. The zero-order chi connectivity index (χ0) is 19.9. The van der Waals surface area contributed by atoms with E-state index < -0.39 is 6.61 Å². The smallest absolute Gasteiger partial charge is 0.387 e. The Kier molecular flexibility index (Phi) is 6.33. The van der Waals surface area contributed by atoms with Gasteiger partial charge in [-0.1, -0.05) is 30.3 Å². The number of benzene rings is 2. The molecule has 2 aromatic carbocycles. The molecule has 6 nitrogen and oxygen atoms in total. The van der Waals surface area contributed by atoms with Crippen LogP contribution >= 0.6 is 0 Å². The number of para-hydroxylation sites is 3. The molecule has 0 saturated carbocycles.